The summed E-state index contributed by atoms with van der Waals surface area (Å²) in [7, 11) is 0. The Hall–Kier alpha value is -3.12. The number of piperidine rings is 1. The quantitative estimate of drug-likeness (QED) is 0.470. The summed E-state index contributed by atoms with van der Waals surface area (Å²) in [6.07, 6.45) is 6.03. The number of carbonyl (C=O) groups excluding carboxylic acids is 1. The molecule has 6 nitrogen and oxygen atoms in total. The summed E-state index contributed by atoms with van der Waals surface area (Å²) in [5.74, 6) is 0.912. The third-order valence-corrected chi connectivity index (χ3v) is 6.81. The summed E-state index contributed by atoms with van der Waals surface area (Å²) in [6.45, 7) is 3.74. The van der Waals surface area contributed by atoms with Crippen molar-refractivity contribution in [3.63, 3.8) is 0 Å². The number of anilines is 1. The lowest BCUT2D eigenvalue weighted by Gasteiger charge is -2.29. The average Bonchev–Trinajstić information content (AvgIpc) is 3.55. The minimum atomic E-state index is 0.0817. The van der Waals surface area contributed by atoms with Crippen molar-refractivity contribution in [2.75, 3.05) is 31.1 Å². The first-order valence-corrected chi connectivity index (χ1v) is 12.5. The molecule has 2 aliphatic heterocycles. The predicted octanol–water partition coefficient (Wildman–Crippen LogP) is 5.08. The van der Waals surface area contributed by atoms with Gasteiger partial charge in [-0.2, -0.15) is 0 Å². The molecule has 0 aliphatic carbocycles. The van der Waals surface area contributed by atoms with Gasteiger partial charge in [-0.1, -0.05) is 65.8 Å². The molecule has 5 rings (SSSR count). The lowest BCUT2D eigenvalue weighted by atomic mass is 10.0. The van der Waals surface area contributed by atoms with Crippen molar-refractivity contribution < 1.29 is 14.1 Å². The molecule has 2 saturated heterocycles. The molecule has 0 spiro atoms. The van der Waals surface area contributed by atoms with Crippen molar-refractivity contribution in [1.82, 2.24) is 10.1 Å². The molecular formula is C28H33N3O3. The summed E-state index contributed by atoms with van der Waals surface area (Å²) >= 11 is 0. The molecule has 178 valence electrons. The van der Waals surface area contributed by atoms with Crippen LogP contribution in [0.4, 0.5) is 5.88 Å². The Balaban J connectivity index is 1.46. The van der Waals surface area contributed by atoms with E-state index in [1.165, 1.54) is 6.42 Å². The molecule has 34 heavy (non-hydrogen) atoms. The zero-order chi connectivity index (χ0) is 23.2. The van der Waals surface area contributed by atoms with Crippen molar-refractivity contribution in [1.29, 1.82) is 0 Å². The van der Waals surface area contributed by atoms with E-state index in [0.29, 0.717) is 19.5 Å². The van der Waals surface area contributed by atoms with E-state index in [-0.39, 0.29) is 12.0 Å². The van der Waals surface area contributed by atoms with E-state index < -0.39 is 0 Å². The number of amides is 1. The molecule has 3 aromatic rings. The Morgan fingerprint density at radius 3 is 2.41 bits per heavy atom. The molecule has 1 atom stereocenters. The third-order valence-electron chi connectivity index (χ3n) is 6.81. The molecule has 2 aromatic carbocycles. The molecule has 2 fully saturated rings. The largest absolute Gasteiger partial charge is 0.376 e. The van der Waals surface area contributed by atoms with Gasteiger partial charge < -0.3 is 19.1 Å². The number of hydrogen-bond donors (Lipinski definition) is 0. The number of aromatic nitrogens is 1. The zero-order valence-corrected chi connectivity index (χ0v) is 19.7. The van der Waals surface area contributed by atoms with Crippen LogP contribution in [0.25, 0.3) is 11.3 Å². The van der Waals surface area contributed by atoms with Gasteiger partial charge in [0.2, 0.25) is 11.8 Å². The molecule has 6 heteroatoms. The second kappa shape index (κ2) is 10.9. The summed E-state index contributed by atoms with van der Waals surface area (Å²) < 4.78 is 11.9. The molecule has 3 heterocycles. The van der Waals surface area contributed by atoms with Crippen LogP contribution in [0.3, 0.4) is 0 Å². The second-order valence-corrected chi connectivity index (χ2v) is 9.30. The van der Waals surface area contributed by atoms with E-state index in [1.807, 2.05) is 53.4 Å². The fourth-order valence-electron chi connectivity index (χ4n) is 4.97. The van der Waals surface area contributed by atoms with E-state index in [0.717, 1.165) is 73.6 Å². The Morgan fingerprint density at radius 1 is 0.971 bits per heavy atom. The van der Waals surface area contributed by atoms with Crippen LogP contribution in [0, 0.1) is 0 Å². The van der Waals surface area contributed by atoms with E-state index in [1.54, 1.807) is 0 Å². The first-order valence-electron chi connectivity index (χ1n) is 12.5. The molecule has 1 amide bonds. The SMILES string of the molecule is O=C(Cc1ccccc1)N(Cc1c(-c2ccccc2)noc1N1CCCCC1)C[C@H]1CCCO1. The van der Waals surface area contributed by atoms with E-state index in [4.69, 9.17) is 9.26 Å². The van der Waals surface area contributed by atoms with Crippen LogP contribution in [0.15, 0.2) is 65.2 Å². The number of nitrogens with zero attached hydrogens (tertiary/aromatic N) is 3. The maximum absolute atomic E-state index is 13.6. The molecule has 0 bridgehead atoms. The van der Waals surface area contributed by atoms with Crippen LogP contribution < -0.4 is 4.90 Å². The summed E-state index contributed by atoms with van der Waals surface area (Å²) in [5, 5.41) is 4.50. The van der Waals surface area contributed by atoms with Crippen molar-refractivity contribution >= 4 is 11.8 Å². The Morgan fingerprint density at radius 2 is 1.71 bits per heavy atom. The first-order chi connectivity index (χ1) is 16.8. The summed E-state index contributed by atoms with van der Waals surface area (Å²) in [6, 6.07) is 20.1. The van der Waals surface area contributed by atoms with E-state index >= 15 is 0 Å². The standard InChI is InChI=1S/C28H33N3O3/c32-26(19-22-11-4-1-5-12-22)31(20-24-15-10-18-33-24)21-25-27(23-13-6-2-7-14-23)29-34-28(25)30-16-8-3-9-17-30/h1-2,4-7,11-14,24H,3,8-10,15-21H2/t24-/m1/s1. The molecule has 1 aromatic heterocycles. The predicted molar refractivity (Wildman–Crippen MR) is 133 cm³/mol. The topological polar surface area (TPSA) is 58.8 Å². The maximum Gasteiger partial charge on any atom is 0.232 e. The highest BCUT2D eigenvalue weighted by molar-refractivity contribution is 5.79. The van der Waals surface area contributed by atoms with Gasteiger partial charge in [0.25, 0.3) is 0 Å². The van der Waals surface area contributed by atoms with Crippen LogP contribution in [0.5, 0.6) is 0 Å². The molecule has 0 N–H and O–H groups in total. The Bertz CT molecular complexity index is 1060. The van der Waals surface area contributed by atoms with Gasteiger partial charge in [-0.25, -0.2) is 0 Å². The van der Waals surface area contributed by atoms with Crippen LogP contribution in [0.2, 0.25) is 0 Å². The fourth-order valence-corrected chi connectivity index (χ4v) is 4.97. The average molecular weight is 460 g/mol. The third kappa shape index (κ3) is 5.33. The monoisotopic (exact) mass is 459 g/mol. The normalized spacial score (nSPS) is 18.2. The van der Waals surface area contributed by atoms with Gasteiger partial charge in [0.05, 0.1) is 24.6 Å². The maximum atomic E-state index is 13.6. The van der Waals surface area contributed by atoms with E-state index in [9.17, 15) is 4.79 Å². The molecule has 0 radical (unpaired) electrons. The van der Waals surface area contributed by atoms with Gasteiger partial charge in [-0.05, 0) is 37.7 Å². The van der Waals surface area contributed by atoms with Gasteiger partial charge in [0, 0.05) is 31.8 Å². The van der Waals surface area contributed by atoms with Crippen molar-refractivity contribution in [3.05, 3.63) is 71.8 Å². The van der Waals surface area contributed by atoms with Crippen molar-refractivity contribution in [3.8, 4) is 11.3 Å². The highest BCUT2D eigenvalue weighted by Gasteiger charge is 2.29. The Labute approximate surface area is 201 Å². The number of benzene rings is 2. The Kier molecular flexibility index (Phi) is 7.25. The molecule has 0 unspecified atom stereocenters. The van der Waals surface area contributed by atoms with Gasteiger partial charge >= 0.3 is 0 Å². The van der Waals surface area contributed by atoms with Gasteiger partial charge in [0.15, 0.2) is 0 Å². The number of ether oxygens (including phenoxy) is 1. The van der Waals surface area contributed by atoms with Gasteiger partial charge in [0.1, 0.15) is 5.69 Å². The van der Waals surface area contributed by atoms with Gasteiger partial charge in [-0.3, -0.25) is 4.79 Å². The van der Waals surface area contributed by atoms with Crippen molar-refractivity contribution in [2.45, 2.75) is 51.2 Å². The van der Waals surface area contributed by atoms with Crippen LogP contribution in [0.1, 0.15) is 43.2 Å². The summed E-state index contributed by atoms with van der Waals surface area (Å²) in [4.78, 5) is 17.8. The van der Waals surface area contributed by atoms with Crippen LogP contribution in [-0.4, -0.2) is 48.3 Å². The van der Waals surface area contributed by atoms with Crippen molar-refractivity contribution in [2.24, 2.45) is 0 Å². The highest BCUT2D eigenvalue weighted by Crippen LogP contribution is 2.34. The number of hydrogen-bond acceptors (Lipinski definition) is 5. The lowest BCUT2D eigenvalue weighted by molar-refractivity contribution is -0.132. The smallest absolute Gasteiger partial charge is 0.232 e. The molecule has 2 aliphatic rings. The fraction of sp³-hybridized carbons (Fsp3) is 0.429. The summed E-state index contributed by atoms with van der Waals surface area (Å²) in [5.41, 5.74) is 3.85. The minimum Gasteiger partial charge on any atom is -0.376 e. The minimum absolute atomic E-state index is 0.0817. The van der Waals surface area contributed by atoms with Crippen LogP contribution >= 0.6 is 0 Å². The van der Waals surface area contributed by atoms with Crippen LogP contribution in [-0.2, 0) is 22.5 Å². The first kappa shape index (κ1) is 22.7. The molecule has 0 saturated carbocycles. The second-order valence-electron chi connectivity index (χ2n) is 9.30. The highest BCUT2D eigenvalue weighted by atomic mass is 16.5. The number of rotatable bonds is 8. The number of carbonyl (C=O) groups is 1. The lowest BCUT2D eigenvalue weighted by Crippen LogP contribution is -2.38. The van der Waals surface area contributed by atoms with Gasteiger partial charge in [-0.15, -0.1) is 0 Å². The zero-order valence-electron chi connectivity index (χ0n) is 19.7. The molecular weight excluding hydrogens is 426 g/mol. The van der Waals surface area contributed by atoms with E-state index in [2.05, 4.69) is 22.2 Å².